The van der Waals surface area contributed by atoms with Gasteiger partial charge in [-0.05, 0) is 41.5 Å². The number of benzene rings is 3. The third-order valence-electron chi connectivity index (χ3n) is 6.14. The SMILES string of the molecule is O=C(NN(Cc1ccc(-c2cc(Cl)ccc2F)cc1)CC(O)C(=O)OCC(F)(F)C(F)(F)F)c1nn(-c2ccccc2)c(=O)[nH]1. The molecule has 1 unspecified atom stereocenters. The van der Waals surface area contributed by atoms with Crippen LogP contribution in [0, 0.1) is 5.82 Å². The van der Waals surface area contributed by atoms with Crippen LogP contribution in [0.2, 0.25) is 5.02 Å². The molecule has 4 rings (SSSR count). The van der Waals surface area contributed by atoms with Crippen molar-refractivity contribution in [3.8, 4) is 16.8 Å². The molecule has 1 amide bonds. The van der Waals surface area contributed by atoms with Crippen LogP contribution >= 0.6 is 11.6 Å². The van der Waals surface area contributed by atoms with Crippen LogP contribution in [0.1, 0.15) is 16.2 Å². The van der Waals surface area contributed by atoms with E-state index in [9.17, 15) is 45.8 Å². The summed E-state index contributed by atoms with van der Waals surface area (Å²) in [6, 6.07) is 18.0. The van der Waals surface area contributed by atoms with Crippen molar-refractivity contribution in [1.82, 2.24) is 25.2 Å². The van der Waals surface area contributed by atoms with E-state index in [2.05, 4.69) is 20.2 Å². The zero-order valence-corrected chi connectivity index (χ0v) is 23.5. The quantitative estimate of drug-likeness (QED) is 0.125. The Bertz CT molecular complexity index is 1710. The van der Waals surface area contributed by atoms with Crippen molar-refractivity contribution < 1.29 is 45.8 Å². The van der Waals surface area contributed by atoms with E-state index in [4.69, 9.17) is 11.6 Å². The molecule has 3 aromatic carbocycles. The number of carbonyl (C=O) groups is 2. The molecule has 0 radical (unpaired) electrons. The number of aromatic nitrogens is 3. The molecule has 0 saturated carbocycles. The van der Waals surface area contributed by atoms with Crippen LogP contribution in [0.15, 0.2) is 77.6 Å². The van der Waals surface area contributed by atoms with Crippen molar-refractivity contribution in [2.24, 2.45) is 0 Å². The number of nitrogens with zero attached hydrogens (tertiary/aromatic N) is 3. The minimum atomic E-state index is -6.00. The third-order valence-corrected chi connectivity index (χ3v) is 6.37. The molecule has 1 heterocycles. The number of para-hydroxylation sites is 1. The molecule has 0 spiro atoms. The van der Waals surface area contributed by atoms with Gasteiger partial charge >= 0.3 is 29.7 Å². The third kappa shape index (κ3) is 8.29. The molecule has 4 aromatic rings. The zero-order valence-electron chi connectivity index (χ0n) is 22.7. The van der Waals surface area contributed by atoms with Gasteiger partial charge in [0, 0.05) is 17.1 Å². The second-order valence-corrected chi connectivity index (χ2v) is 9.93. The lowest BCUT2D eigenvalue weighted by atomic mass is 10.0. The van der Waals surface area contributed by atoms with Crippen LogP contribution in [0.5, 0.6) is 0 Å². The highest BCUT2D eigenvalue weighted by molar-refractivity contribution is 6.30. The van der Waals surface area contributed by atoms with E-state index in [0.717, 1.165) is 9.69 Å². The van der Waals surface area contributed by atoms with Crippen LogP contribution in [0.4, 0.5) is 26.3 Å². The number of aromatic amines is 1. The molecule has 0 aliphatic rings. The number of nitrogens with one attached hydrogen (secondary N) is 2. The minimum Gasteiger partial charge on any atom is -0.457 e. The van der Waals surface area contributed by atoms with Gasteiger partial charge in [0.15, 0.2) is 12.7 Å². The number of rotatable bonds is 11. The van der Waals surface area contributed by atoms with E-state index < -0.39 is 60.6 Å². The molecule has 0 aliphatic heterocycles. The number of alkyl halides is 5. The molecule has 10 nitrogen and oxygen atoms in total. The topological polar surface area (TPSA) is 130 Å². The second-order valence-electron chi connectivity index (χ2n) is 9.49. The van der Waals surface area contributed by atoms with Crippen LogP contribution in [0.3, 0.4) is 0 Å². The molecule has 3 N–H and O–H groups in total. The van der Waals surface area contributed by atoms with E-state index in [0.29, 0.717) is 16.8 Å². The van der Waals surface area contributed by atoms with Crippen molar-refractivity contribution >= 4 is 23.5 Å². The summed E-state index contributed by atoms with van der Waals surface area (Å²) in [5.74, 6) is -9.29. The summed E-state index contributed by atoms with van der Waals surface area (Å²) in [5, 5.41) is 15.4. The van der Waals surface area contributed by atoms with E-state index in [1.54, 1.807) is 30.3 Å². The lowest BCUT2D eigenvalue weighted by Gasteiger charge is -2.25. The molecule has 0 saturated heterocycles. The first-order valence-corrected chi connectivity index (χ1v) is 13.2. The fraction of sp³-hybridized carbons (Fsp3) is 0.214. The number of aliphatic hydroxyl groups is 1. The lowest BCUT2D eigenvalue weighted by Crippen LogP contribution is -2.48. The van der Waals surface area contributed by atoms with Crippen LogP contribution in [0.25, 0.3) is 16.8 Å². The van der Waals surface area contributed by atoms with Crippen molar-refractivity contribution in [3.05, 3.63) is 106 Å². The fourth-order valence-electron chi connectivity index (χ4n) is 3.87. The largest absolute Gasteiger partial charge is 0.457 e. The summed E-state index contributed by atoms with van der Waals surface area (Å²) in [6.45, 7) is -3.54. The average molecular weight is 658 g/mol. The number of H-pyrrole nitrogens is 1. The van der Waals surface area contributed by atoms with E-state index in [1.807, 2.05) is 0 Å². The lowest BCUT2D eigenvalue weighted by molar-refractivity contribution is -0.294. The van der Waals surface area contributed by atoms with Gasteiger partial charge in [0.05, 0.1) is 12.2 Å². The highest BCUT2D eigenvalue weighted by atomic mass is 35.5. The minimum absolute atomic E-state index is 0.186. The summed E-state index contributed by atoms with van der Waals surface area (Å²) >= 11 is 5.95. The van der Waals surface area contributed by atoms with Crippen molar-refractivity contribution in [1.29, 1.82) is 0 Å². The zero-order chi connectivity index (χ0) is 32.9. The maximum absolute atomic E-state index is 14.3. The molecule has 0 bridgehead atoms. The van der Waals surface area contributed by atoms with Gasteiger partial charge in [0.25, 0.3) is 0 Å². The van der Waals surface area contributed by atoms with Crippen molar-refractivity contribution in [2.75, 3.05) is 13.2 Å². The Labute approximate surface area is 254 Å². The molecule has 238 valence electrons. The number of aliphatic hydroxyl groups excluding tert-OH is 1. The molecular weight excluding hydrogens is 636 g/mol. The van der Waals surface area contributed by atoms with Gasteiger partial charge in [0.2, 0.25) is 5.82 Å². The van der Waals surface area contributed by atoms with Crippen LogP contribution < -0.4 is 11.1 Å². The Morgan fingerprint density at radius 2 is 1.71 bits per heavy atom. The molecule has 0 fully saturated rings. The first kappa shape index (κ1) is 33.2. The maximum Gasteiger partial charge on any atom is 0.456 e. The van der Waals surface area contributed by atoms with Crippen molar-refractivity contribution in [3.63, 3.8) is 0 Å². The van der Waals surface area contributed by atoms with Crippen LogP contribution in [-0.4, -0.2) is 68.1 Å². The van der Waals surface area contributed by atoms with Crippen LogP contribution in [-0.2, 0) is 16.1 Å². The van der Waals surface area contributed by atoms with Gasteiger partial charge in [0.1, 0.15) is 5.82 Å². The van der Waals surface area contributed by atoms with E-state index >= 15 is 0 Å². The first-order valence-electron chi connectivity index (χ1n) is 12.8. The summed E-state index contributed by atoms with van der Waals surface area (Å²) in [7, 11) is 0. The Morgan fingerprint density at radius 1 is 1.04 bits per heavy atom. The van der Waals surface area contributed by atoms with Crippen molar-refractivity contribution in [2.45, 2.75) is 24.7 Å². The Morgan fingerprint density at radius 3 is 2.36 bits per heavy atom. The average Bonchev–Trinajstić information content (AvgIpc) is 3.39. The fourth-order valence-corrected chi connectivity index (χ4v) is 4.04. The molecule has 17 heteroatoms. The van der Waals surface area contributed by atoms with E-state index in [1.165, 1.54) is 42.5 Å². The number of esters is 1. The standard InChI is InChI=1S/C28H22ClF6N5O5/c29-18-10-11-21(30)20(12-18)17-8-6-16(7-9-17)13-39(14-22(41)25(43)45-15-27(31,32)28(33,34)35)38-24(42)23-36-26(44)40(37-23)19-4-2-1-3-5-19/h1-12,22,41H,13-15H2,(H,38,42)(H,36,37,44). The smallest absolute Gasteiger partial charge is 0.456 e. The Balaban J connectivity index is 1.53. The summed E-state index contributed by atoms with van der Waals surface area (Å²) < 4.78 is 82.9. The van der Waals surface area contributed by atoms with Gasteiger partial charge in [-0.3, -0.25) is 15.2 Å². The summed E-state index contributed by atoms with van der Waals surface area (Å²) in [4.78, 5) is 39.7. The number of hydrazine groups is 1. The molecule has 45 heavy (non-hydrogen) atoms. The van der Waals surface area contributed by atoms with E-state index in [-0.39, 0.29) is 17.1 Å². The van der Waals surface area contributed by atoms with Gasteiger partial charge < -0.3 is 9.84 Å². The number of ether oxygens (including phenoxy) is 1. The Hall–Kier alpha value is -4.67. The summed E-state index contributed by atoms with van der Waals surface area (Å²) in [6.07, 6.45) is -8.31. The van der Waals surface area contributed by atoms with Gasteiger partial charge in [-0.15, -0.1) is 5.10 Å². The normalized spacial score (nSPS) is 12.6. The predicted molar refractivity (Wildman–Crippen MR) is 147 cm³/mol. The molecular formula is C28H22ClF6N5O5. The molecule has 1 atom stereocenters. The number of hydrogen-bond donors (Lipinski definition) is 3. The first-order chi connectivity index (χ1) is 21.1. The Kier molecular flexibility index (Phi) is 10.00. The monoisotopic (exact) mass is 657 g/mol. The number of amides is 1. The van der Waals surface area contributed by atoms with Gasteiger partial charge in [-0.1, -0.05) is 54.1 Å². The van der Waals surface area contributed by atoms with Gasteiger partial charge in [-0.2, -0.15) is 26.6 Å². The highest BCUT2D eigenvalue weighted by Crippen LogP contribution is 2.35. The number of hydrogen-bond acceptors (Lipinski definition) is 7. The molecule has 0 aliphatic carbocycles. The highest BCUT2D eigenvalue weighted by Gasteiger charge is 2.58. The second kappa shape index (κ2) is 13.5. The summed E-state index contributed by atoms with van der Waals surface area (Å²) in [5.41, 5.74) is 2.84. The van der Waals surface area contributed by atoms with Gasteiger partial charge in [-0.25, -0.2) is 19.0 Å². The molecule has 1 aromatic heterocycles. The number of carbonyl (C=O) groups excluding carboxylic acids is 2. The maximum atomic E-state index is 14.3. The predicted octanol–water partition coefficient (Wildman–Crippen LogP) is 4.27. The number of halogens is 7.